The van der Waals surface area contributed by atoms with E-state index in [1.165, 1.54) is 41.4 Å². The quantitative estimate of drug-likeness (QED) is 0.611. The van der Waals surface area contributed by atoms with Crippen molar-refractivity contribution in [3.8, 4) is 0 Å². The third kappa shape index (κ3) is 4.99. The molecule has 0 bridgehead atoms. The molecule has 3 aromatic rings. The Morgan fingerprint density at radius 1 is 1.23 bits per heavy atom. The highest BCUT2D eigenvalue weighted by molar-refractivity contribution is 8.01. The number of nitrogens with one attached hydrogen (secondary N) is 1. The summed E-state index contributed by atoms with van der Waals surface area (Å²) in [5.74, 6) is -0.649. The summed E-state index contributed by atoms with van der Waals surface area (Å²) in [7, 11) is 0. The largest absolute Gasteiger partial charge is 0.462 e. The van der Waals surface area contributed by atoms with Gasteiger partial charge in [-0.05, 0) is 48.5 Å². The number of aromatic nitrogens is 3. The summed E-state index contributed by atoms with van der Waals surface area (Å²) >= 11 is 2.75. The van der Waals surface area contributed by atoms with Gasteiger partial charge in [0.2, 0.25) is 5.13 Å². The third-order valence-corrected chi connectivity index (χ3v) is 5.09. The predicted molar refractivity (Wildman–Crippen MR) is 98.0 cm³/mol. The number of benzene rings is 1. The Morgan fingerprint density at radius 2 is 2.04 bits per heavy atom. The number of hydrogen-bond acceptors (Lipinski definition) is 8. The normalized spacial score (nSPS) is 10.5. The molecule has 134 valence electrons. The maximum absolute atomic E-state index is 12.9. The van der Waals surface area contributed by atoms with Crippen LogP contribution in [-0.4, -0.2) is 27.8 Å². The molecule has 0 aliphatic carbocycles. The van der Waals surface area contributed by atoms with Crippen LogP contribution in [0.25, 0.3) is 0 Å². The minimum atomic E-state index is -0.389. The fraction of sp³-hybridized carbons (Fsp3) is 0.176. The highest BCUT2D eigenvalue weighted by atomic mass is 32.2. The molecule has 0 amide bonds. The zero-order valence-electron chi connectivity index (χ0n) is 13.8. The van der Waals surface area contributed by atoms with Crippen LogP contribution in [0.5, 0.6) is 0 Å². The first kappa shape index (κ1) is 18.3. The van der Waals surface area contributed by atoms with Crippen LogP contribution in [0.1, 0.15) is 22.8 Å². The molecular formula is C17H15FN4O2S2. The van der Waals surface area contributed by atoms with Gasteiger partial charge in [-0.2, -0.15) is 0 Å². The molecule has 0 aliphatic heterocycles. The van der Waals surface area contributed by atoms with Crippen molar-refractivity contribution in [2.45, 2.75) is 22.8 Å². The van der Waals surface area contributed by atoms with Gasteiger partial charge in [-0.1, -0.05) is 23.5 Å². The summed E-state index contributed by atoms with van der Waals surface area (Å²) in [4.78, 5) is 15.8. The molecule has 1 aromatic carbocycles. The Hall–Kier alpha value is -2.52. The lowest BCUT2D eigenvalue weighted by molar-refractivity contribution is 0.0525. The number of rotatable bonds is 7. The maximum Gasteiger partial charge on any atom is 0.339 e. The summed E-state index contributed by atoms with van der Waals surface area (Å²) < 4.78 is 18.5. The van der Waals surface area contributed by atoms with Crippen LogP contribution in [0.2, 0.25) is 0 Å². The summed E-state index contributed by atoms with van der Waals surface area (Å²) in [5.41, 5.74) is 1.36. The van der Waals surface area contributed by atoms with Crippen molar-refractivity contribution in [1.29, 1.82) is 0 Å². The topological polar surface area (TPSA) is 77.0 Å². The van der Waals surface area contributed by atoms with Gasteiger partial charge in [0.25, 0.3) is 0 Å². The molecule has 2 heterocycles. The van der Waals surface area contributed by atoms with Crippen molar-refractivity contribution in [3.63, 3.8) is 0 Å². The lowest BCUT2D eigenvalue weighted by Gasteiger charge is -2.02. The van der Waals surface area contributed by atoms with Crippen LogP contribution >= 0.6 is 23.1 Å². The molecule has 0 radical (unpaired) electrons. The second-order valence-electron chi connectivity index (χ2n) is 5.06. The van der Waals surface area contributed by atoms with Gasteiger partial charge in [0.05, 0.1) is 12.2 Å². The van der Waals surface area contributed by atoms with E-state index >= 15 is 0 Å². The standard InChI is InChI=1S/C17H15FN4O2S2/c1-2-24-15(23)12-5-8-14(19-10-12)25-17-22-21-16(26-17)20-9-11-3-6-13(18)7-4-11/h3-8,10H,2,9H2,1H3,(H,20,21). The predicted octanol–water partition coefficient (Wildman–Crippen LogP) is 4.01. The van der Waals surface area contributed by atoms with Crippen LogP contribution < -0.4 is 5.32 Å². The van der Waals surface area contributed by atoms with E-state index in [0.717, 1.165) is 9.90 Å². The van der Waals surface area contributed by atoms with Crippen molar-refractivity contribution in [2.24, 2.45) is 0 Å². The molecule has 0 unspecified atom stereocenters. The monoisotopic (exact) mass is 390 g/mol. The van der Waals surface area contributed by atoms with Crippen molar-refractivity contribution >= 4 is 34.2 Å². The number of ether oxygens (including phenoxy) is 1. The van der Waals surface area contributed by atoms with E-state index < -0.39 is 0 Å². The maximum atomic E-state index is 12.9. The van der Waals surface area contributed by atoms with Crippen LogP contribution in [0.15, 0.2) is 52.0 Å². The van der Waals surface area contributed by atoms with Crippen molar-refractivity contribution in [1.82, 2.24) is 15.2 Å². The van der Waals surface area contributed by atoms with E-state index in [2.05, 4.69) is 20.5 Å². The highest BCUT2D eigenvalue weighted by Crippen LogP contribution is 2.30. The zero-order chi connectivity index (χ0) is 18.4. The number of halogens is 1. The molecule has 0 saturated carbocycles. The number of anilines is 1. The number of hydrogen-bond donors (Lipinski definition) is 1. The first-order valence-electron chi connectivity index (χ1n) is 7.77. The molecule has 0 aliphatic rings. The van der Waals surface area contributed by atoms with Crippen molar-refractivity contribution < 1.29 is 13.9 Å². The van der Waals surface area contributed by atoms with E-state index in [1.54, 1.807) is 31.2 Å². The number of nitrogens with zero attached hydrogens (tertiary/aromatic N) is 3. The van der Waals surface area contributed by atoms with Crippen LogP contribution in [0.4, 0.5) is 9.52 Å². The van der Waals surface area contributed by atoms with E-state index in [1.807, 2.05) is 0 Å². The molecule has 2 aromatic heterocycles. The Morgan fingerprint density at radius 3 is 2.73 bits per heavy atom. The second kappa shape index (κ2) is 8.72. The summed E-state index contributed by atoms with van der Waals surface area (Å²) in [6.07, 6.45) is 1.48. The third-order valence-electron chi connectivity index (χ3n) is 3.20. The van der Waals surface area contributed by atoms with Gasteiger partial charge in [0, 0.05) is 12.7 Å². The molecule has 6 nitrogen and oxygen atoms in total. The molecule has 0 spiro atoms. The van der Waals surface area contributed by atoms with Gasteiger partial charge in [-0.15, -0.1) is 10.2 Å². The van der Waals surface area contributed by atoms with Crippen molar-refractivity contribution in [2.75, 3.05) is 11.9 Å². The van der Waals surface area contributed by atoms with Crippen LogP contribution in [0.3, 0.4) is 0 Å². The Kier molecular flexibility index (Phi) is 6.13. The van der Waals surface area contributed by atoms with Gasteiger partial charge in [0.1, 0.15) is 10.8 Å². The van der Waals surface area contributed by atoms with Gasteiger partial charge in [0.15, 0.2) is 4.34 Å². The molecule has 0 fully saturated rings. The van der Waals surface area contributed by atoms with E-state index in [4.69, 9.17) is 4.74 Å². The van der Waals surface area contributed by atoms with E-state index in [9.17, 15) is 9.18 Å². The fourth-order valence-electron chi connectivity index (χ4n) is 1.97. The first-order chi connectivity index (χ1) is 12.6. The lowest BCUT2D eigenvalue weighted by atomic mass is 10.2. The highest BCUT2D eigenvalue weighted by Gasteiger charge is 2.10. The smallest absolute Gasteiger partial charge is 0.339 e. The molecule has 1 N–H and O–H groups in total. The first-order valence-corrected chi connectivity index (χ1v) is 9.40. The minimum absolute atomic E-state index is 0.259. The molecule has 0 saturated heterocycles. The van der Waals surface area contributed by atoms with Gasteiger partial charge >= 0.3 is 5.97 Å². The Bertz CT molecular complexity index is 869. The Labute approximate surface area is 157 Å². The molecule has 9 heteroatoms. The van der Waals surface area contributed by atoms with Crippen LogP contribution in [-0.2, 0) is 11.3 Å². The van der Waals surface area contributed by atoms with Gasteiger partial charge < -0.3 is 10.1 Å². The summed E-state index contributed by atoms with van der Waals surface area (Å²) in [6, 6.07) is 9.68. The van der Waals surface area contributed by atoms with Crippen LogP contribution in [0, 0.1) is 5.82 Å². The lowest BCUT2D eigenvalue weighted by Crippen LogP contribution is -2.04. The molecule has 26 heavy (non-hydrogen) atoms. The second-order valence-corrected chi connectivity index (χ2v) is 7.31. The summed E-state index contributed by atoms with van der Waals surface area (Å²) in [6.45, 7) is 2.62. The van der Waals surface area contributed by atoms with Gasteiger partial charge in [-0.25, -0.2) is 14.2 Å². The van der Waals surface area contributed by atoms with Crippen molar-refractivity contribution in [3.05, 3.63) is 59.5 Å². The fourth-order valence-corrected chi connectivity index (χ4v) is 3.60. The Balaban J connectivity index is 1.56. The average molecular weight is 390 g/mol. The molecule has 3 rings (SSSR count). The zero-order valence-corrected chi connectivity index (χ0v) is 15.4. The van der Waals surface area contributed by atoms with E-state index in [-0.39, 0.29) is 11.8 Å². The minimum Gasteiger partial charge on any atom is -0.462 e. The average Bonchev–Trinajstić information content (AvgIpc) is 3.09. The summed E-state index contributed by atoms with van der Waals surface area (Å²) in [5, 5.41) is 12.7. The van der Waals surface area contributed by atoms with Gasteiger partial charge in [-0.3, -0.25) is 0 Å². The SMILES string of the molecule is CCOC(=O)c1ccc(Sc2nnc(NCc3ccc(F)cc3)s2)nc1. The molecule has 0 atom stereocenters. The number of pyridine rings is 1. The number of esters is 1. The molecular weight excluding hydrogens is 375 g/mol. The number of carbonyl (C=O) groups excluding carboxylic acids is 1. The number of carbonyl (C=O) groups is 1. The van der Waals surface area contributed by atoms with E-state index in [0.29, 0.717) is 28.9 Å².